The van der Waals surface area contributed by atoms with E-state index in [0.717, 1.165) is 35.9 Å². The number of hydrogen-bond donors (Lipinski definition) is 0. The van der Waals surface area contributed by atoms with E-state index in [4.69, 9.17) is 4.74 Å². The smallest absolute Gasteiger partial charge is 0.268 e. The number of benzene rings is 1. The third-order valence-electron chi connectivity index (χ3n) is 6.22. The Morgan fingerprint density at radius 3 is 2.80 bits per heavy atom. The van der Waals surface area contributed by atoms with Gasteiger partial charge in [0.1, 0.15) is 5.75 Å². The van der Waals surface area contributed by atoms with Crippen molar-refractivity contribution in [1.82, 2.24) is 13.9 Å². The summed E-state index contributed by atoms with van der Waals surface area (Å²) >= 11 is 0. The number of nitrogens with zero attached hydrogens (tertiary/aromatic N) is 3. The highest BCUT2D eigenvalue weighted by atomic mass is 32.2. The van der Waals surface area contributed by atoms with Gasteiger partial charge in [-0.2, -0.15) is 0 Å². The molecule has 6 nitrogen and oxygen atoms in total. The van der Waals surface area contributed by atoms with Gasteiger partial charge in [-0.05, 0) is 63.2 Å². The van der Waals surface area contributed by atoms with Gasteiger partial charge in [0.25, 0.3) is 10.0 Å². The number of allylic oxidation sites excluding steroid dienone is 1. The van der Waals surface area contributed by atoms with E-state index in [1.54, 1.807) is 30.6 Å². The number of ether oxygens (including phenoxy) is 1. The molecular formula is C23H25N3O3S. The summed E-state index contributed by atoms with van der Waals surface area (Å²) < 4.78 is 34.4. The Kier molecular flexibility index (Phi) is 4.67. The second kappa shape index (κ2) is 7.25. The van der Waals surface area contributed by atoms with Crippen LogP contribution in [0.4, 0.5) is 0 Å². The third-order valence-corrected chi connectivity index (χ3v) is 7.98. The average Bonchev–Trinajstić information content (AvgIpc) is 3.38. The van der Waals surface area contributed by atoms with Gasteiger partial charge in [0, 0.05) is 36.0 Å². The van der Waals surface area contributed by atoms with Gasteiger partial charge in [-0.25, -0.2) is 12.4 Å². The predicted molar refractivity (Wildman–Crippen MR) is 117 cm³/mol. The standard InChI is InChI=1S/C23H25N3O3S/c1-25(2)17-10-8-16(9-11-17)19-15-26(20-5-4-13-24-23(19)20)30(27,28)22-7-3-6-21-18(22)12-14-29-21/h3-8,13,15,17H,9-12,14H2,1-2H3. The monoisotopic (exact) mass is 423 g/mol. The molecular weight excluding hydrogens is 398 g/mol. The molecule has 0 saturated carbocycles. The third kappa shape index (κ3) is 3.04. The molecule has 2 aromatic heterocycles. The van der Waals surface area contributed by atoms with Crippen LogP contribution in [0.3, 0.4) is 0 Å². The van der Waals surface area contributed by atoms with Crippen LogP contribution >= 0.6 is 0 Å². The van der Waals surface area contributed by atoms with Crippen LogP contribution in [0.25, 0.3) is 16.6 Å². The Hall–Kier alpha value is -2.64. The average molecular weight is 424 g/mol. The summed E-state index contributed by atoms with van der Waals surface area (Å²) in [7, 11) is 0.434. The van der Waals surface area contributed by atoms with Crippen LogP contribution in [0, 0.1) is 0 Å². The SMILES string of the molecule is CN(C)C1CC=C(c2cn(S(=O)(=O)c3cccc4c3CCO4)c3cccnc23)CC1. The summed E-state index contributed by atoms with van der Waals surface area (Å²) in [6, 6.07) is 9.38. The molecule has 0 spiro atoms. The first kappa shape index (κ1) is 19.3. The van der Waals surface area contributed by atoms with Crippen molar-refractivity contribution in [1.29, 1.82) is 0 Å². The number of hydrogen-bond acceptors (Lipinski definition) is 5. The molecule has 7 heteroatoms. The van der Waals surface area contributed by atoms with Gasteiger partial charge < -0.3 is 9.64 Å². The molecule has 1 unspecified atom stereocenters. The molecule has 5 rings (SSSR count). The Morgan fingerprint density at radius 2 is 2.03 bits per heavy atom. The maximum absolute atomic E-state index is 13.7. The fraction of sp³-hybridized carbons (Fsp3) is 0.348. The first-order chi connectivity index (χ1) is 14.5. The number of pyridine rings is 1. The summed E-state index contributed by atoms with van der Waals surface area (Å²) in [6.07, 6.45) is 9.24. The maximum atomic E-state index is 13.7. The van der Waals surface area contributed by atoms with Crippen molar-refractivity contribution in [2.45, 2.75) is 36.6 Å². The van der Waals surface area contributed by atoms with Gasteiger partial charge >= 0.3 is 0 Å². The molecule has 0 saturated heterocycles. The van der Waals surface area contributed by atoms with E-state index in [0.29, 0.717) is 35.2 Å². The molecule has 156 valence electrons. The van der Waals surface area contributed by atoms with E-state index in [1.165, 1.54) is 9.55 Å². The summed E-state index contributed by atoms with van der Waals surface area (Å²) in [5.41, 5.74) is 4.19. The van der Waals surface area contributed by atoms with Gasteiger partial charge in [0.15, 0.2) is 0 Å². The van der Waals surface area contributed by atoms with Gasteiger partial charge in [-0.15, -0.1) is 0 Å². The summed E-state index contributed by atoms with van der Waals surface area (Å²) in [6.45, 7) is 0.515. The van der Waals surface area contributed by atoms with Crippen LogP contribution in [0.15, 0.2) is 53.7 Å². The minimum Gasteiger partial charge on any atom is -0.493 e. The van der Waals surface area contributed by atoms with Crippen molar-refractivity contribution in [3.8, 4) is 5.75 Å². The molecule has 1 aliphatic heterocycles. The van der Waals surface area contributed by atoms with Crippen LogP contribution in [0.5, 0.6) is 5.75 Å². The highest BCUT2D eigenvalue weighted by Crippen LogP contribution is 2.37. The van der Waals surface area contributed by atoms with Crippen molar-refractivity contribution in [3.63, 3.8) is 0 Å². The van der Waals surface area contributed by atoms with Crippen molar-refractivity contribution in [2.75, 3.05) is 20.7 Å². The van der Waals surface area contributed by atoms with Crippen molar-refractivity contribution >= 4 is 26.6 Å². The molecule has 3 aromatic rings. The van der Waals surface area contributed by atoms with Crippen molar-refractivity contribution in [2.24, 2.45) is 0 Å². The zero-order valence-electron chi connectivity index (χ0n) is 17.2. The molecule has 30 heavy (non-hydrogen) atoms. The summed E-state index contributed by atoms with van der Waals surface area (Å²) in [4.78, 5) is 7.11. The molecule has 0 N–H and O–H groups in total. The van der Waals surface area contributed by atoms with E-state index in [-0.39, 0.29) is 0 Å². The quantitative estimate of drug-likeness (QED) is 0.640. The second-order valence-electron chi connectivity index (χ2n) is 8.17. The zero-order valence-corrected chi connectivity index (χ0v) is 18.0. The van der Waals surface area contributed by atoms with E-state index < -0.39 is 10.0 Å². The molecule has 0 fully saturated rings. The van der Waals surface area contributed by atoms with E-state index in [1.807, 2.05) is 12.1 Å². The lowest BCUT2D eigenvalue weighted by molar-refractivity contribution is 0.278. The molecule has 1 aromatic carbocycles. The van der Waals surface area contributed by atoms with Gasteiger partial charge in [0.2, 0.25) is 0 Å². The first-order valence-corrected chi connectivity index (χ1v) is 11.7. The van der Waals surface area contributed by atoms with Gasteiger partial charge in [-0.1, -0.05) is 12.1 Å². The molecule has 0 amide bonds. The maximum Gasteiger partial charge on any atom is 0.268 e. The Labute approximate surface area is 176 Å². The minimum absolute atomic E-state index is 0.315. The molecule has 1 aliphatic carbocycles. The Morgan fingerprint density at radius 1 is 1.17 bits per heavy atom. The Bertz CT molecular complexity index is 1260. The molecule has 1 atom stereocenters. The highest BCUT2D eigenvalue weighted by Gasteiger charge is 2.29. The lowest BCUT2D eigenvalue weighted by Crippen LogP contribution is -2.28. The van der Waals surface area contributed by atoms with E-state index >= 15 is 0 Å². The van der Waals surface area contributed by atoms with Crippen LogP contribution < -0.4 is 4.74 Å². The molecule has 0 bridgehead atoms. The fourth-order valence-corrected chi connectivity index (χ4v) is 6.16. The van der Waals surface area contributed by atoms with Gasteiger partial charge in [-0.3, -0.25) is 4.98 Å². The normalized spacial score (nSPS) is 19.0. The first-order valence-electron chi connectivity index (χ1n) is 10.3. The highest BCUT2D eigenvalue weighted by molar-refractivity contribution is 7.90. The summed E-state index contributed by atoms with van der Waals surface area (Å²) in [5.74, 6) is 0.663. The second-order valence-corrected chi connectivity index (χ2v) is 9.95. The van der Waals surface area contributed by atoms with Crippen LogP contribution in [-0.2, 0) is 16.4 Å². The molecule has 3 heterocycles. The molecule has 2 aliphatic rings. The number of rotatable bonds is 4. The zero-order chi connectivity index (χ0) is 20.9. The predicted octanol–water partition coefficient (Wildman–Crippen LogP) is 3.71. The lowest BCUT2D eigenvalue weighted by Gasteiger charge is -2.27. The topological polar surface area (TPSA) is 64.4 Å². The number of aromatic nitrogens is 2. The van der Waals surface area contributed by atoms with Gasteiger partial charge in [0.05, 0.1) is 22.5 Å². The summed E-state index contributed by atoms with van der Waals surface area (Å²) in [5, 5.41) is 0. The van der Waals surface area contributed by atoms with E-state index in [9.17, 15) is 8.42 Å². The lowest BCUT2D eigenvalue weighted by atomic mass is 9.91. The Balaban J connectivity index is 1.65. The fourth-order valence-electron chi connectivity index (χ4n) is 4.54. The largest absolute Gasteiger partial charge is 0.493 e. The van der Waals surface area contributed by atoms with E-state index in [2.05, 4.69) is 30.1 Å². The number of fused-ring (bicyclic) bond motifs is 2. The molecule has 0 radical (unpaired) electrons. The van der Waals surface area contributed by atoms with Crippen LogP contribution in [-0.4, -0.2) is 49.0 Å². The van der Waals surface area contributed by atoms with Crippen molar-refractivity contribution < 1.29 is 13.2 Å². The minimum atomic E-state index is -3.77. The van der Waals surface area contributed by atoms with Crippen LogP contribution in [0.1, 0.15) is 30.4 Å². The van der Waals surface area contributed by atoms with Crippen LogP contribution in [0.2, 0.25) is 0 Å². The van der Waals surface area contributed by atoms with Crippen molar-refractivity contribution in [3.05, 3.63) is 59.9 Å².